The molecule has 9 heteroatoms. The van der Waals surface area contributed by atoms with Crippen LogP contribution < -0.4 is 0 Å². The van der Waals surface area contributed by atoms with Gasteiger partial charge in [0, 0.05) is 24.4 Å². The quantitative estimate of drug-likeness (QED) is 0.500. The van der Waals surface area contributed by atoms with Crippen LogP contribution in [0.1, 0.15) is 25.7 Å². The fourth-order valence-corrected chi connectivity index (χ4v) is 4.48. The Kier molecular flexibility index (Phi) is 6.67. The van der Waals surface area contributed by atoms with E-state index in [1.165, 1.54) is 28.2 Å². The highest BCUT2D eigenvalue weighted by Crippen LogP contribution is 2.28. The highest BCUT2D eigenvalue weighted by atomic mass is 35.5. The molecule has 1 heterocycles. The Hall–Kier alpha value is -1.35. The summed E-state index contributed by atoms with van der Waals surface area (Å²) in [5.41, 5.74) is 0. The molecule has 0 aliphatic carbocycles. The number of hydrogen-bond acceptors (Lipinski definition) is 5. The summed E-state index contributed by atoms with van der Waals surface area (Å²) in [6.45, 7) is 8.13. The molecule has 0 unspecified atom stereocenters. The monoisotopic (exact) mass is 400 g/mol. The van der Waals surface area contributed by atoms with Crippen LogP contribution in [0.3, 0.4) is 0 Å². The first kappa shape index (κ1) is 20.0. The molecule has 2 aromatic rings. The van der Waals surface area contributed by atoms with Crippen molar-refractivity contribution in [3.05, 3.63) is 47.8 Å². The third kappa shape index (κ3) is 4.25. The SMILES string of the molecule is C=CCSc1nnc([C@@H](C)N(C)S(=O)(=O)c2ccc(Cl)cc2)n1CC. The first-order chi connectivity index (χ1) is 11.8. The van der Waals surface area contributed by atoms with Gasteiger partial charge in [-0.1, -0.05) is 29.4 Å². The van der Waals surface area contributed by atoms with Gasteiger partial charge < -0.3 is 4.57 Å². The zero-order chi connectivity index (χ0) is 18.6. The molecule has 136 valence electrons. The van der Waals surface area contributed by atoms with Gasteiger partial charge in [-0.05, 0) is 38.1 Å². The van der Waals surface area contributed by atoms with Crippen LogP contribution in [-0.4, -0.2) is 40.3 Å². The summed E-state index contributed by atoms with van der Waals surface area (Å²) in [6, 6.07) is 5.65. The lowest BCUT2D eigenvalue weighted by atomic mass is 10.3. The molecule has 0 aliphatic heterocycles. The maximum absolute atomic E-state index is 12.8. The number of aromatic nitrogens is 3. The molecule has 1 aromatic carbocycles. The van der Waals surface area contributed by atoms with E-state index < -0.39 is 16.1 Å². The van der Waals surface area contributed by atoms with Crippen molar-refractivity contribution >= 4 is 33.4 Å². The molecule has 1 aromatic heterocycles. The summed E-state index contributed by atoms with van der Waals surface area (Å²) in [5.74, 6) is 1.32. The van der Waals surface area contributed by atoms with E-state index in [0.717, 1.165) is 5.16 Å². The lowest BCUT2D eigenvalue weighted by molar-refractivity contribution is 0.371. The summed E-state index contributed by atoms with van der Waals surface area (Å²) >= 11 is 7.36. The van der Waals surface area contributed by atoms with Gasteiger partial charge in [0.05, 0.1) is 10.9 Å². The molecule has 0 amide bonds. The smallest absolute Gasteiger partial charge is 0.243 e. The van der Waals surface area contributed by atoms with Gasteiger partial charge in [0.25, 0.3) is 0 Å². The zero-order valence-electron chi connectivity index (χ0n) is 14.4. The Morgan fingerprint density at radius 2 is 2.00 bits per heavy atom. The third-order valence-electron chi connectivity index (χ3n) is 3.80. The molecule has 2 rings (SSSR count). The molecule has 0 radical (unpaired) electrons. The Balaban J connectivity index is 2.33. The average molecular weight is 401 g/mol. The molecule has 0 fully saturated rings. The van der Waals surface area contributed by atoms with Crippen molar-refractivity contribution in [3.63, 3.8) is 0 Å². The zero-order valence-corrected chi connectivity index (χ0v) is 16.8. The van der Waals surface area contributed by atoms with Gasteiger partial charge in [-0.2, -0.15) is 4.31 Å². The fourth-order valence-electron chi connectivity index (χ4n) is 2.29. The van der Waals surface area contributed by atoms with Gasteiger partial charge in [0.1, 0.15) is 0 Å². The summed E-state index contributed by atoms with van der Waals surface area (Å²) in [6.07, 6.45) is 1.79. The van der Waals surface area contributed by atoms with Crippen LogP contribution in [0.2, 0.25) is 5.02 Å². The maximum Gasteiger partial charge on any atom is 0.243 e. The molecule has 1 atom stereocenters. The normalized spacial score (nSPS) is 13.2. The number of nitrogens with zero attached hydrogens (tertiary/aromatic N) is 4. The van der Waals surface area contributed by atoms with Crippen LogP contribution in [0, 0.1) is 0 Å². The number of thioether (sulfide) groups is 1. The van der Waals surface area contributed by atoms with Crippen molar-refractivity contribution in [2.75, 3.05) is 12.8 Å². The van der Waals surface area contributed by atoms with E-state index >= 15 is 0 Å². The first-order valence-electron chi connectivity index (χ1n) is 7.73. The fraction of sp³-hybridized carbons (Fsp3) is 0.375. The minimum atomic E-state index is -3.67. The van der Waals surface area contributed by atoms with E-state index in [1.807, 2.05) is 11.5 Å². The minimum Gasteiger partial charge on any atom is -0.305 e. The second kappa shape index (κ2) is 8.35. The van der Waals surface area contributed by atoms with E-state index in [0.29, 0.717) is 23.1 Å². The van der Waals surface area contributed by atoms with Crippen LogP contribution in [0.15, 0.2) is 47.0 Å². The number of rotatable bonds is 8. The summed E-state index contributed by atoms with van der Waals surface area (Å²) in [4.78, 5) is 0.190. The summed E-state index contributed by atoms with van der Waals surface area (Å²) in [7, 11) is -2.12. The highest BCUT2D eigenvalue weighted by molar-refractivity contribution is 7.99. The number of benzene rings is 1. The highest BCUT2D eigenvalue weighted by Gasteiger charge is 2.30. The Morgan fingerprint density at radius 1 is 1.36 bits per heavy atom. The third-order valence-corrected chi connectivity index (χ3v) is 6.96. The van der Waals surface area contributed by atoms with Gasteiger partial charge in [0.15, 0.2) is 11.0 Å². The average Bonchev–Trinajstić information content (AvgIpc) is 3.01. The standard InChI is InChI=1S/C16H21ClN4O2S2/c1-5-11-24-16-19-18-15(21(16)6-2)12(3)20(4)25(22,23)14-9-7-13(17)8-10-14/h5,7-10,12H,1,6,11H2,2-4H3/t12-/m1/s1. The molecule has 0 saturated heterocycles. The maximum atomic E-state index is 12.8. The summed E-state index contributed by atoms with van der Waals surface area (Å²) in [5, 5.41) is 9.64. The molecule has 6 nitrogen and oxygen atoms in total. The van der Waals surface area contributed by atoms with E-state index in [2.05, 4.69) is 16.8 Å². The molecule has 0 spiro atoms. The molecule has 0 bridgehead atoms. The topological polar surface area (TPSA) is 68.1 Å². The van der Waals surface area contributed by atoms with Crippen molar-refractivity contribution in [2.24, 2.45) is 0 Å². The molecular formula is C16H21ClN4O2S2. The van der Waals surface area contributed by atoms with Crippen LogP contribution in [0.5, 0.6) is 0 Å². The number of hydrogen-bond donors (Lipinski definition) is 0. The predicted molar refractivity (Wildman–Crippen MR) is 101 cm³/mol. The number of halogens is 1. The van der Waals surface area contributed by atoms with E-state index in [4.69, 9.17) is 11.6 Å². The van der Waals surface area contributed by atoms with E-state index in [1.54, 1.807) is 32.2 Å². The number of sulfonamides is 1. The molecule has 0 aliphatic rings. The summed E-state index contributed by atoms with van der Waals surface area (Å²) < 4.78 is 28.9. The van der Waals surface area contributed by atoms with Gasteiger partial charge >= 0.3 is 0 Å². The lowest BCUT2D eigenvalue weighted by Crippen LogP contribution is -2.31. The van der Waals surface area contributed by atoms with Crippen molar-refractivity contribution in [1.29, 1.82) is 0 Å². The first-order valence-corrected chi connectivity index (χ1v) is 10.5. The van der Waals surface area contributed by atoms with Gasteiger partial charge in [-0.15, -0.1) is 16.8 Å². The minimum absolute atomic E-state index is 0.190. The van der Waals surface area contributed by atoms with Crippen LogP contribution in [-0.2, 0) is 16.6 Å². The second-order valence-corrected chi connectivity index (χ2v) is 8.76. The van der Waals surface area contributed by atoms with E-state index in [9.17, 15) is 8.42 Å². The van der Waals surface area contributed by atoms with Crippen molar-refractivity contribution < 1.29 is 8.42 Å². The van der Waals surface area contributed by atoms with E-state index in [-0.39, 0.29) is 4.90 Å². The van der Waals surface area contributed by atoms with Gasteiger partial charge in [-0.25, -0.2) is 8.42 Å². The molecule has 25 heavy (non-hydrogen) atoms. The van der Waals surface area contributed by atoms with Crippen LogP contribution >= 0.6 is 23.4 Å². The van der Waals surface area contributed by atoms with Crippen LogP contribution in [0.4, 0.5) is 0 Å². The predicted octanol–water partition coefficient (Wildman–Crippen LogP) is 3.61. The Bertz CT molecular complexity index is 834. The Morgan fingerprint density at radius 3 is 2.56 bits per heavy atom. The second-order valence-electron chi connectivity index (χ2n) is 5.34. The van der Waals surface area contributed by atoms with Crippen molar-refractivity contribution in [3.8, 4) is 0 Å². The molecule has 0 N–H and O–H groups in total. The largest absolute Gasteiger partial charge is 0.305 e. The lowest BCUT2D eigenvalue weighted by Gasteiger charge is -2.24. The Labute approximate surface area is 157 Å². The molecular weight excluding hydrogens is 380 g/mol. The van der Waals surface area contributed by atoms with Crippen molar-refractivity contribution in [2.45, 2.75) is 36.5 Å². The van der Waals surface area contributed by atoms with Crippen LogP contribution in [0.25, 0.3) is 0 Å². The van der Waals surface area contributed by atoms with Gasteiger partial charge in [0.2, 0.25) is 10.0 Å². The molecule has 0 saturated carbocycles. The van der Waals surface area contributed by atoms with Gasteiger partial charge in [-0.3, -0.25) is 0 Å². The van der Waals surface area contributed by atoms with Crippen molar-refractivity contribution in [1.82, 2.24) is 19.1 Å².